The van der Waals surface area contributed by atoms with Crippen molar-refractivity contribution in [1.29, 1.82) is 0 Å². The fraction of sp³-hybridized carbons (Fsp3) is 1.00. The average molecular weight is 99.2 g/mol. The predicted molar refractivity (Wildman–Crippen MR) is 31.3 cm³/mol. The standard InChI is InChI=1S/C6H13N/c1-4-7-5-6(7,2)3/h4-5H2,1-3H3. The Morgan fingerprint density at radius 3 is 2.00 bits per heavy atom. The Hall–Kier alpha value is -0.0400. The van der Waals surface area contributed by atoms with Gasteiger partial charge in [-0.25, -0.2) is 0 Å². The molecule has 1 fully saturated rings. The van der Waals surface area contributed by atoms with Gasteiger partial charge in [-0.1, -0.05) is 6.92 Å². The van der Waals surface area contributed by atoms with Crippen molar-refractivity contribution in [3.05, 3.63) is 0 Å². The molecule has 1 rings (SSSR count). The summed E-state index contributed by atoms with van der Waals surface area (Å²) in [5.41, 5.74) is 0.550. The SMILES string of the molecule is CCN1CC1(C)C. The highest BCUT2D eigenvalue weighted by molar-refractivity contribution is 4.98. The number of hydrogen-bond donors (Lipinski definition) is 0. The van der Waals surface area contributed by atoms with Crippen LogP contribution in [0.1, 0.15) is 20.8 Å². The minimum atomic E-state index is 0.550. The van der Waals surface area contributed by atoms with Gasteiger partial charge in [-0.05, 0) is 20.4 Å². The quantitative estimate of drug-likeness (QED) is 0.445. The van der Waals surface area contributed by atoms with Gasteiger partial charge in [0.15, 0.2) is 0 Å². The van der Waals surface area contributed by atoms with E-state index in [-0.39, 0.29) is 0 Å². The van der Waals surface area contributed by atoms with E-state index in [4.69, 9.17) is 0 Å². The summed E-state index contributed by atoms with van der Waals surface area (Å²) in [4.78, 5) is 2.44. The summed E-state index contributed by atoms with van der Waals surface area (Å²) in [7, 11) is 0. The Balaban J connectivity index is 2.30. The lowest BCUT2D eigenvalue weighted by Crippen LogP contribution is -2.07. The first kappa shape index (κ1) is 5.10. The predicted octanol–water partition coefficient (Wildman–Crippen LogP) is 1.10. The Bertz CT molecular complexity index is 76.2. The summed E-state index contributed by atoms with van der Waals surface area (Å²) >= 11 is 0. The molecule has 0 aromatic heterocycles. The van der Waals surface area contributed by atoms with Crippen LogP contribution in [-0.4, -0.2) is 23.5 Å². The van der Waals surface area contributed by atoms with Gasteiger partial charge < -0.3 is 0 Å². The summed E-state index contributed by atoms with van der Waals surface area (Å²) < 4.78 is 0. The van der Waals surface area contributed by atoms with Gasteiger partial charge in [-0.3, -0.25) is 4.90 Å². The Labute approximate surface area is 45.3 Å². The molecule has 1 heterocycles. The van der Waals surface area contributed by atoms with Crippen LogP contribution >= 0.6 is 0 Å². The van der Waals surface area contributed by atoms with Crippen LogP contribution in [0, 0.1) is 0 Å². The molecule has 0 aliphatic carbocycles. The van der Waals surface area contributed by atoms with Crippen LogP contribution in [0.15, 0.2) is 0 Å². The van der Waals surface area contributed by atoms with E-state index in [9.17, 15) is 0 Å². The van der Waals surface area contributed by atoms with E-state index in [2.05, 4.69) is 25.7 Å². The van der Waals surface area contributed by atoms with Crippen molar-refractivity contribution >= 4 is 0 Å². The summed E-state index contributed by atoms with van der Waals surface area (Å²) in [5.74, 6) is 0. The molecule has 0 radical (unpaired) electrons. The lowest BCUT2D eigenvalue weighted by Gasteiger charge is -1.99. The van der Waals surface area contributed by atoms with Gasteiger partial charge in [-0.2, -0.15) is 0 Å². The molecule has 42 valence electrons. The van der Waals surface area contributed by atoms with E-state index >= 15 is 0 Å². The molecule has 1 unspecified atom stereocenters. The molecule has 1 aliphatic heterocycles. The minimum Gasteiger partial charge on any atom is -0.295 e. The van der Waals surface area contributed by atoms with Crippen molar-refractivity contribution in [2.45, 2.75) is 26.3 Å². The lowest BCUT2D eigenvalue weighted by atomic mass is 10.2. The molecular weight excluding hydrogens is 86.1 g/mol. The topological polar surface area (TPSA) is 3.01 Å². The minimum absolute atomic E-state index is 0.550. The molecule has 1 aliphatic rings. The maximum atomic E-state index is 2.44. The molecule has 1 saturated heterocycles. The van der Waals surface area contributed by atoms with Crippen molar-refractivity contribution in [2.75, 3.05) is 13.1 Å². The first-order chi connectivity index (χ1) is 3.17. The summed E-state index contributed by atoms with van der Waals surface area (Å²) in [6.45, 7) is 9.26. The second-order valence-corrected chi connectivity index (χ2v) is 2.83. The zero-order valence-electron chi connectivity index (χ0n) is 5.36. The van der Waals surface area contributed by atoms with Crippen LogP contribution in [0.4, 0.5) is 0 Å². The smallest absolute Gasteiger partial charge is 0.0281 e. The normalized spacial score (nSPS) is 35.6. The van der Waals surface area contributed by atoms with Crippen LogP contribution < -0.4 is 0 Å². The van der Waals surface area contributed by atoms with Crippen molar-refractivity contribution in [3.63, 3.8) is 0 Å². The van der Waals surface area contributed by atoms with Crippen LogP contribution in [0.5, 0.6) is 0 Å². The van der Waals surface area contributed by atoms with Gasteiger partial charge in [0, 0.05) is 12.1 Å². The molecule has 0 N–H and O–H groups in total. The van der Waals surface area contributed by atoms with Gasteiger partial charge in [0.25, 0.3) is 0 Å². The highest BCUT2D eigenvalue weighted by Crippen LogP contribution is 2.29. The third-order valence-corrected chi connectivity index (χ3v) is 1.71. The van der Waals surface area contributed by atoms with E-state index in [1.807, 2.05) is 0 Å². The summed E-state index contributed by atoms with van der Waals surface area (Å²) in [6.07, 6.45) is 0. The number of likely N-dealkylation sites (N-methyl/N-ethyl adjacent to an activating group) is 1. The van der Waals surface area contributed by atoms with Gasteiger partial charge in [0.2, 0.25) is 0 Å². The maximum Gasteiger partial charge on any atom is 0.0281 e. The lowest BCUT2D eigenvalue weighted by molar-refractivity contribution is 0.469. The third kappa shape index (κ3) is 0.778. The highest BCUT2D eigenvalue weighted by atomic mass is 15.3. The van der Waals surface area contributed by atoms with E-state index in [0.29, 0.717) is 5.54 Å². The van der Waals surface area contributed by atoms with Crippen LogP contribution in [0.2, 0.25) is 0 Å². The molecule has 1 atom stereocenters. The van der Waals surface area contributed by atoms with Gasteiger partial charge in [0.1, 0.15) is 0 Å². The molecular formula is C6H13N. The fourth-order valence-corrected chi connectivity index (χ4v) is 0.972. The maximum absolute atomic E-state index is 2.44. The molecule has 0 aromatic carbocycles. The second kappa shape index (κ2) is 1.22. The van der Waals surface area contributed by atoms with Gasteiger partial charge >= 0.3 is 0 Å². The third-order valence-electron chi connectivity index (χ3n) is 1.71. The van der Waals surface area contributed by atoms with E-state index in [0.717, 1.165) is 0 Å². The average Bonchev–Trinajstić information content (AvgIpc) is 2.13. The zero-order chi connectivity index (χ0) is 5.49. The Morgan fingerprint density at radius 2 is 2.00 bits per heavy atom. The Kier molecular flexibility index (Phi) is 0.890. The van der Waals surface area contributed by atoms with Crippen LogP contribution in [0.3, 0.4) is 0 Å². The first-order valence-electron chi connectivity index (χ1n) is 2.92. The molecule has 0 amide bonds. The molecule has 0 bridgehead atoms. The van der Waals surface area contributed by atoms with E-state index < -0.39 is 0 Å². The zero-order valence-corrected chi connectivity index (χ0v) is 5.36. The van der Waals surface area contributed by atoms with Crippen molar-refractivity contribution in [2.24, 2.45) is 0 Å². The van der Waals surface area contributed by atoms with Crippen LogP contribution in [0.25, 0.3) is 0 Å². The summed E-state index contributed by atoms with van der Waals surface area (Å²) in [5, 5.41) is 0. The molecule has 7 heavy (non-hydrogen) atoms. The largest absolute Gasteiger partial charge is 0.295 e. The fourth-order valence-electron chi connectivity index (χ4n) is 0.972. The van der Waals surface area contributed by atoms with Crippen molar-refractivity contribution in [1.82, 2.24) is 4.90 Å². The Morgan fingerprint density at radius 1 is 1.57 bits per heavy atom. The number of hydrogen-bond acceptors (Lipinski definition) is 1. The van der Waals surface area contributed by atoms with Gasteiger partial charge in [-0.15, -0.1) is 0 Å². The second-order valence-electron chi connectivity index (χ2n) is 2.83. The van der Waals surface area contributed by atoms with E-state index in [1.54, 1.807) is 0 Å². The van der Waals surface area contributed by atoms with Crippen molar-refractivity contribution < 1.29 is 0 Å². The number of rotatable bonds is 1. The van der Waals surface area contributed by atoms with Gasteiger partial charge in [0.05, 0.1) is 0 Å². The van der Waals surface area contributed by atoms with E-state index in [1.165, 1.54) is 13.1 Å². The van der Waals surface area contributed by atoms with Crippen LogP contribution in [-0.2, 0) is 0 Å². The first-order valence-corrected chi connectivity index (χ1v) is 2.92. The molecule has 1 nitrogen and oxygen atoms in total. The molecule has 1 heteroatoms. The molecule has 0 saturated carbocycles. The molecule has 0 aromatic rings. The van der Waals surface area contributed by atoms with Crippen molar-refractivity contribution in [3.8, 4) is 0 Å². The molecule has 0 spiro atoms. The summed E-state index contributed by atoms with van der Waals surface area (Å²) in [6, 6.07) is 0. The number of nitrogens with zero attached hydrogens (tertiary/aromatic N) is 1. The highest BCUT2D eigenvalue weighted by Gasteiger charge is 2.40. The monoisotopic (exact) mass is 99.1 g/mol.